The summed E-state index contributed by atoms with van der Waals surface area (Å²) in [5.74, 6) is 0. The van der Waals surface area contributed by atoms with Crippen molar-refractivity contribution in [1.29, 1.82) is 0 Å². The monoisotopic (exact) mass is 100 g/mol. The molecular formula is C5H10NO. The van der Waals surface area contributed by atoms with E-state index >= 15 is 0 Å². The Morgan fingerprint density at radius 1 is 1.43 bits per heavy atom. The van der Waals surface area contributed by atoms with E-state index in [4.69, 9.17) is 5.73 Å². The van der Waals surface area contributed by atoms with Gasteiger partial charge in [-0.2, -0.15) is 0 Å². The molecule has 0 unspecified atom stereocenters. The summed E-state index contributed by atoms with van der Waals surface area (Å²) in [6.45, 7) is 0.682. The van der Waals surface area contributed by atoms with Crippen LogP contribution in [-0.2, 0) is 4.79 Å². The molecule has 7 heavy (non-hydrogen) atoms. The number of hydrogen-bond donors (Lipinski definition) is 1. The second kappa shape index (κ2) is 5.63. The smallest absolute Gasteiger partial charge is 0.198 e. The molecule has 0 aliphatic heterocycles. The van der Waals surface area contributed by atoms with Gasteiger partial charge in [0.25, 0.3) is 0 Å². The highest BCUT2D eigenvalue weighted by Gasteiger charge is 1.81. The van der Waals surface area contributed by atoms with Crippen molar-refractivity contribution in [3.63, 3.8) is 0 Å². The molecule has 0 aromatic heterocycles. The molecule has 0 saturated carbocycles. The number of carbonyl (C=O) groups excluding carboxylic acids is 1. The molecule has 0 aromatic carbocycles. The van der Waals surface area contributed by atoms with Crippen molar-refractivity contribution >= 4 is 6.29 Å². The van der Waals surface area contributed by atoms with E-state index in [1.165, 1.54) is 0 Å². The van der Waals surface area contributed by atoms with Crippen LogP contribution in [0.15, 0.2) is 0 Å². The number of rotatable bonds is 4. The normalized spacial score (nSPS) is 8.71. The Morgan fingerprint density at radius 3 is 2.57 bits per heavy atom. The van der Waals surface area contributed by atoms with Gasteiger partial charge < -0.3 is 5.73 Å². The average molecular weight is 100 g/mol. The van der Waals surface area contributed by atoms with Crippen molar-refractivity contribution in [3.05, 3.63) is 0 Å². The summed E-state index contributed by atoms with van der Waals surface area (Å²) in [7, 11) is 0. The molecule has 2 heteroatoms. The molecule has 0 aromatic rings. The van der Waals surface area contributed by atoms with Crippen LogP contribution in [0.4, 0.5) is 0 Å². The Labute approximate surface area is 43.7 Å². The summed E-state index contributed by atoms with van der Waals surface area (Å²) in [6, 6.07) is 0. The van der Waals surface area contributed by atoms with E-state index in [-0.39, 0.29) is 0 Å². The van der Waals surface area contributed by atoms with Gasteiger partial charge in [0.15, 0.2) is 6.29 Å². The molecule has 0 bridgehead atoms. The molecule has 0 fully saturated rings. The number of unbranched alkanes of at least 4 members (excludes halogenated alkanes) is 2. The van der Waals surface area contributed by atoms with Crippen LogP contribution in [0.5, 0.6) is 0 Å². The van der Waals surface area contributed by atoms with Gasteiger partial charge in [-0.1, -0.05) is 0 Å². The lowest BCUT2D eigenvalue weighted by Crippen LogP contribution is -1.97. The molecule has 41 valence electrons. The highest BCUT2D eigenvalue weighted by molar-refractivity contribution is 5.50. The van der Waals surface area contributed by atoms with E-state index in [1.54, 1.807) is 6.29 Å². The van der Waals surface area contributed by atoms with E-state index in [0.717, 1.165) is 12.8 Å². The van der Waals surface area contributed by atoms with E-state index in [1.807, 2.05) is 0 Å². The van der Waals surface area contributed by atoms with Crippen LogP contribution in [0, 0.1) is 0 Å². The van der Waals surface area contributed by atoms with Gasteiger partial charge >= 0.3 is 0 Å². The summed E-state index contributed by atoms with van der Waals surface area (Å²) in [5.41, 5.74) is 5.14. The first-order chi connectivity index (χ1) is 3.41. The zero-order valence-electron chi connectivity index (χ0n) is 4.31. The number of hydrogen-bond acceptors (Lipinski definition) is 2. The molecule has 0 aliphatic carbocycles. The minimum Gasteiger partial charge on any atom is -0.330 e. The number of nitrogens with two attached hydrogens (primary N) is 1. The lowest BCUT2D eigenvalue weighted by Gasteiger charge is -1.85. The summed E-state index contributed by atoms with van der Waals surface area (Å²) in [5, 5.41) is 0. The largest absolute Gasteiger partial charge is 0.330 e. The summed E-state index contributed by atoms with van der Waals surface area (Å²) in [4.78, 5) is 9.51. The van der Waals surface area contributed by atoms with Crippen LogP contribution >= 0.6 is 0 Å². The van der Waals surface area contributed by atoms with Crippen LogP contribution in [0.25, 0.3) is 0 Å². The predicted octanol–water partition coefficient (Wildman–Crippen LogP) is 0.225. The SMILES string of the molecule is NCCCC[C]=O. The van der Waals surface area contributed by atoms with Gasteiger partial charge in [-0.05, 0) is 19.4 Å². The Morgan fingerprint density at radius 2 is 2.14 bits per heavy atom. The van der Waals surface area contributed by atoms with E-state index < -0.39 is 0 Å². The van der Waals surface area contributed by atoms with E-state index in [9.17, 15) is 4.79 Å². The first-order valence-corrected chi connectivity index (χ1v) is 2.47. The Kier molecular flexibility index (Phi) is 5.33. The van der Waals surface area contributed by atoms with Gasteiger partial charge in [0, 0.05) is 6.42 Å². The summed E-state index contributed by atoms with van der Waals surface area (Å²) < 4.78 is 0. The zero-order chi connectivity index (χ0) is 5.54. The molecule has 0 saturated heterocycles. The summed E-state index contributed by atoms with van der Waals surface area (Å²) in [6.07, 6.45) is 4.16. The van der Waals surface area contributed by atoms with Crippen molar-refractivity contribution in [2.24, 2.45) is 5.73 Å². The molecule has 0 aliphatic rings. The van der Waals surface area contributed by atoms with E-state index in [2.05, 4.69) is 0 Å². The molecule has 0 amide bonds. The Bertz CT molecular complexity index is 45.3. The first kappa shape index (κ1) is 6.63. The van der Waals surface area contributed by atoms with Crippen LogP contribution < -0.4 is 5.73 Å². The van der Waals surface area contributed by atoms with Crippen LogP contribution in [0.3, 0.4) is 0 Å². The van der Waals surface area contributed by atoms with Gasteiger partial charge in [-0.3, -0.25) is 4.79 Å². The third-order valence-corrected chi connectivity index (χ3v) is 0.733. The quantitative estimate of drug-likeness (QED) is 0.514. The third-order valence-electron chi connectivity index (χ3n) is 0.733. The zero-order valence-corrected chi connectivity index (χ0v) is 4.31. The van der Waals surface area contributed by atoms with Crippen molar-refractivity contribution in [2.45, 2.75) is 19.3 Å². The Hall–Kier alpha value is -0.370. The molecule has 0 heterocycles. The van der Waals surface area contributed by atoms with Crippen molar-refractivity contribution in [2.75, 3.05) is 6.54 Å². The maximum absolute atomic E-state index is 9.51. The fraction of sp³-hybridized carbons (Fsp3) is 0.800. The molecular weight excluding hydrogens is 90.1 g/mol. The van der Waals surface area contributed by atoms with Gasteiger partial charge in [0.1, 0.15) is 0 Å². The molecule has 1 radical (unpaired) electrons. The highest BCUT2D eigenvalue weighted by atomic mass is 16.1. The summed E-state index contributed by atoms with van der Waals surface area (Å²) >= 11 is 0. The molecule has 2 nitrogen and oxygen atoms in total. The molecule has 0 rings (SSSR count). The molecule has 0 spiro atoms. The third kappa shape index (κ3) is 5.63. The van der Waals surface area contributed by atoms with Crippen molar-refractivity contribution < 1.29 is 4.79 Å². The fourth-order valence-corrected chi connectivity index (χ4v) is 0.342. The van der Waals surface area contributed by atoms with Gasteiger partial charge in [-0.25, -0.2) is 0 Å². The lowest BCUT2D eigenvalue weighted by molar-refractivity contribution is 0.547. The van der Waals surface area contributed by atoms with Gasteiger partial charge in [0.2, 0.25) is 0 Å². The minimum atomic E-state index is 0.539. The van der Waals surface area contributed by atoms with Crippen LogP contribution in [0.1, 0.15) is 19.3 Å². The average Bonchev–Trinajstić information content (AvgIpc) is 1.69. The lowest BCUT2D eigenvalue weighted by atomic mass is 10.2. The standard InChI is InChI=1S/C5H10NO/c6-4-2-1-3-5-7/h1-4,6H2. The van der Waals surface area contributed by atoms with Crippen LogP contribution in [0.2, 0.25) is 0 Å². The first-order valence-electron chi connectivity index (χ1n) is 2.47. The molecule has 2 N–H and O–H groups in total. The van der Waals surface area contributed by atoms with Gasteiger partial charge in [-0.15, -0.1) is 0 Å². The van der Waals surface area contributed by atoms with Crippen molar-refractivity contribution in [1.82, 2.24) is 0 Å². The minimum absolute atomic E-state index is 0.539. The maximum atomic E-state index is 9.51. The molecule has 0 atom stereocenters. The topological polar surface area (TPSA) is 43.1 Å². The second-order valence-corrected chi connectivity index (χ2v) is 1.39. The van der Waals surface area contributed by atoms with E-state index in [0.29, 0.717) is 13.0 Å². The second-order valence-electron chi connectivity index (χ2n) is 1.39. The fourth-order valence-electron chi connectivity index (χ4n) is 0.342. The Balaban J connectivity index is 2.56. The van der Waals surface area contributed by atoms with Crippen LogP contribution in [-0.4, -0.2) is 12.8 Å². The maximum Gasteiger partial charge on any atom is 0.198 e. The van der Waals surface area contributed by atoms with Crippen molar-refractivity contribution in [3.8, 4) is 0 Å². The van der Waals surface area contributed by atoms with Gasteiger partial charge in [0.05, 0.1) is 0 Å². The predicted molar refractivity (Wildman–Crippen MR) is 28.6 cm³/mol. The highest BCUT2D eigenvalue weighted by Crippen LogP contribution is 1.87.